The highest BCUT2D eigenvalue weighted by atomic mass is 28.4. The summed E-state index contributed by atoms with van der Waals surface area (Å²) in [6.07, 6.45) is 3.44. The molecule has 350 valence electrons. The fourth-order valence-corrected chi connectivity index (χ4v) is 13.0. The number of carbonyl (C=O) groups excluding carboxylic acids is 2. The summed E-state index contributed by atoms with van der Waals surface area (Å²) in [7, 11) is -1.68. The van der Waals surface area contributed by atoms with E-state index in [4.69, 9.17) is 37.6 Å². The van der Waals surface area contributed by atoms with Crippen molar-refractivity contribution in [3.05, 3.63) is 138 Å². The van der Waals surface area contributed by atoms with Gasteiger partial charge in [0.15, 0.2) is 18.9 Å². The Hall–Kier alpha value is -4.94. The quantitative estimate of drug-likeness (QED) is 0.0325. The Bertz CT molecular complexity index is 2150. The molecule has 5 rings (SSSR count). The van der Waals surface area contributed by atoms with Gasteiger partial charge < -0.3 is 37.6 Å². The highest BCUT2D eigenvalue weighted by Gasteiger charge is 2.52. The summed E-state index contributed by atoms with van der Waals surface area (Å²) in [6, 6.07) is 32.6. The third-order valence-corrected chi connectivity index (χ3v) is 17.6. The van der Waals surface area contributed by atoms with Gasteiger partial charge in [-0.2, -0.15) is 4.94 Å². The number of halogens is 1. The first-order valence-corrected chi connectivity index (χ1v) is 27.5. The van der Waals surface area contributed by atoms with Gasteiger partial charge in [0.05, 0.1) is 25.4 Å². The second kappa shape index (κ2) is 23.0. The molecule has 0 aliphatic carbocycles. The van der Waals surface area contributed by atoms with Crippen LogP contribution in [0, 0.1) is 0 Å². The van der Waals surface area contributed by atoms with Gasteiger partial charge in [-0.1, -0.05) is 138 Å². The zero-order chi connectivity index (χ0) is 47.3. The van der Waals surface area contributed by atoms with Gasteiger partial charge in [0, 0.05) is 27.7 Å². The van der Waals surface area contributed by atoms with Gasteiger partial charge in [0.2, 0.25) is 0 Å². The Morgan fingerprint density at radius 3 is 2.02 bits per heavy atom. The lowest BCUT2D eigenvalue weighted by molar-refractivity contribution is -0.246. The summed E-state index contributed by atoms with van der Waals surface area (Å²) in [5.74, 6) is -1.49. The highest BCUT2D eigenvalue weighted by molar-refractivity contribution is 6.99. The third kappa shape index (κ3) is 13.8. The molecule has 0 amide bonds. The maximum absolute atomic E-state index is 14.8. The summed E-state index contributed by atoms with van der Waals surface area (Å²) in [5, 5.41) is 1.49. The summed E-state index contributed by atoms with van der Waals surface area (Å²) in [5.41, 5.74) is 1.06. The number of benzene rings is 4. The van der Waals surface area contributed by atoms with E-state index in [0.717, 1.165) is 16.4 Å². The van der Waals surface area contributed by atoms with Crippen LogP contribution in [0.1, 0.15) is 73.7 Å². The first kappa shape index (κ1) is 51.1. The van der Waals surface area contributed by atoms with Gasteiger partial charge in [-0.05, 0) is 76.1 Å². The summed E-state index contributed by atoms with van der Waals surface area (Å²) in [4.78, 5) is 32.0. The lowest BCUT2D eigenvalue weighted by atomic mass is 10.0. The van der Waals surface area contributed by atoms with Crippen LogP contribution in [-0.2, 0) is 33.1 Å². The molecular weight excluding hydrogens is 864 g/mol. The van der Waals surface area contributed by atoms with Crippen LogP contribution in [0.4, 0.5) is 4.53 Å². The predicted octanol–water partition coefficient (Wildman–Crippen LogP) is 10.1. The molecule has 1 heterocycles. The number of carbonyl (C=O) groups is 2. The zero-order valence-electron chi connectivity index (χ0n) is 39.3. The van der Waals surface area contributed by atoms with E-state index in [1.54, 1.807) is 68.5 Å². The normalized spacial score (nSPS) is 17.5. The van der Waals surface area contributed by atoms with Crippen LogP contribution in [0.3, 0.4) is 0 Å². The second-order valence-electron chi connectivity index (χ2n) is 18.6. The monoisotopic (exact) mass is 928 g/mol. The summed E-state index contributed by atoms with van der Waals surface area (Å²) in [6.45, 7) is 16.7. The molecule has 2 unspecified atom stereocenters. The molecule has 4 aromatic carbocycles. The van der Waals surface area contributed by atoms with Crippen molar-refractivity contribution in [2.24, 2.45) is 0 Å². The number of hydrogen-bond donors (Lipinski definition) is 0. The largest absolute Gasteiger partial charge is 0.497 e. The molecule has 65 heavy (non-hydrogen) atoms. The third-order valence-electron chi connectivity index (χ3n) is 10.9. The van der Waals surface area contributed by atoms with Crippen molar-refractivity contribution < 1.29 is 56.6 Å². The second-order valence-corrected chi connectivity index (χ2v) is 28.4. The number of hydrogen-bond acceptors (Lipinski definition) is 11. The van der Waals surface area contributed by atoms with E-state index in [-0.39, 0.29) is 37.6 Å². The van der Waals surface area contributed by atoms with Gasteiger partial charge in [0.1, 0.15) is 29.3 Å². The molecule has 0 N–H and O–H groups in total. The molecule has 1 saturated heterocycles. The molecule has 14 heteroatoms. The molecule has 1 aliphatic heterocycles. The summed E-state index contributed by atoms with van der Waals surface area (Å²) >= 11 is 0. The Labute approximate surface area is 385 Å². The Balaban J connectivity index is 1.47. The maximum Gasteiger partial charge on any atom is 0.342 e. The summed E-state index contributed by atoms with van der Waals surface area (Å²) < 4.78 is 63.2. The van der Waals surface area contributed by atoms with Crippen molar-refractivity contribution in [3.63, 3.8) is 0 Å². The van der Waals surface area contributed by atoms with E-state index in [1.165, 1.54) is 14.2 Å². The predicted molar refractivity (Wildman–Crippen MR) is 255 cm³/mol. The number of rotatable bonds is 22. The molecule has 0 bridgehead atoms. The molecule has 1 aliphatic rings. The van der Waals surface area contributed by atoms with Crippen LogP contribution in [0.2, 0.25) is 30.7 Å². The minimum Gasteiger partial charge on any atom is -0.497 e. The molecule has 0 radical (unpaired) electrons. The van der Waals surface area contributed by atoms with Crippen molar-refractivity contribution in [2.45, 2.75) is 109 Å². The van der Waals surface area contributed by atoms with Gasteiger partial charge in [0.25, 0.3) is 8.32 Å². The van der Waals surface area contributed by atoms with Crippen LogP contribution in [0.5, 0.6) is 11.5 Å². The minimum absolute atomic E-state index is 0.0257. The Morgan fingerprint density at radius 2 is 1.46 bits per heavy atom. The van der Waals surface area contributed by atoms with Crippen LogP contribution >= 0.6 is 0 Å². The van der Waals surface area contributed by atoms with Crippen molar-refractivity contribution in [1.29, 1.82) is 0 Å². The van der Waals surface area contributed by atoms with E-state index in [0.29, 0.717) is 16.9 Å². The molecule has 0 spiro atoms. The number of esters is 2. The highest BCUT2D eigenvalue weighted by Crippen LogP contribution is 2.39. The molecule has 1 fully saturated rings. The van der Waals surface area contributed by atoms with E-state index in [9.17, 15) is 14.1 Å². The van der Waals surface area contributed by atoms with E-state index in [1.807, 2.05) is 72.8 Å². The number of ether oxygens (including phenoxy) is 7. The zero-order valence-corrected chi connectivity index (χ0v) is 41.3. The van der Waals surface area contributed by atoms with Gasteiger partial charge in [-0.3, -0.25) is 0 Å². The molecule has 0 saturated carbocycles. The van der Waals surface area contributed by atoms with Gasteiger partial charge in [-0.15, -0.1) is 0 Å². The lowest BCUT2D eigenvalue weighted by Crippen LogP contribution is -2.67. The molecular formula is C51H65FO11Si2. The van der Waals surface area contributed by atoms with Gasteiger partial charge >= 0.3 is 11.9 Å². The average molecular weight is 929 g/mol. The fourth-order valence-electron chi connectivity index (χ4n) is 7.79. The Morgan fingerprint density at radius 1 is 0.846 bits per heavy atom. The smallest absolute Gasteiger partial charge is 0.342 e. The molecule has 4 aromatic rings. The van der Waals surface area contributed by atoms with E-state index < -0.39 is 63.8 Å². The lowest BCUT2D eigenvalue weighted by Gasteiger charge is -2.44. The first-order valence-electron chi connectivity index (χ1n) is 21.9. The molecule has 0 aromatic heterocycles. The minimum atomic E-state index is -3.21. The molecule has 11 nitrogen and oxygen atoms in total. The van der Waals surface area contributed by atoms with Crippen molar-refractivity contribution in [3.8, 4) is 11.5 Å². The van der Waals surface area contributed by atoms with Crippen LogP contribution < -0.4 is 19.8 Å². The van der Waals surface area contributed by atoms with Crippen LogP contribution in [-0.4, -0.2) is 86.3 Å². The van der Waals surface area contributed by atoms with Crippen LogP contribution in [0.15, 0.2) is 121 Å². The van der Waals surface area contributed by atoms with Crippen molar-refractivity contribution >= 4 is 44.8 Å². The SMILES string of the molecule is COCOc1cc(OC)cc(C=CC[C@@H]2OC(C)(C)O[C@@H]2C(C=CCC(OF)O[Si](c2ccccc2)(c2ccccc2)C(C)(C)C)OC(=O)c2ccccc2)c1C(=O)OCC[Si](C)(C)C. The van der Waals surface area contributed by atoms with E-state index >= 15 is 0 Å². The van der Waals surface area contributed by atoms with Crippen molar-refractivity contribution in [1.82, 2.24) is 0 Å². The van der Waals surface area contributed by atoms with Crippen LogP contribution in [0.25, 0.3) is 6.08 Å². The first-order chi connectivity index (χ1) is 30.9. The topological polar surface area (TPSA) is 117 Å². The fraction of sp³-hybridized carbons (Fsp3) is 0.412. The standard InChI is InChI=1S/C51H65FO11Si2/c1-50(2,3)65(40-25-16-12-17-26-40,41-27-18-13-19-28-41)63-45(62-52)31-21-29-42(59-48(53)37-22-14-11-15-23-37)47-43(60-51(4,5)61-47)30-20-24-38-34-39(56-7)35-44(58-36-55-6)46(38)49(54)57-32-33-64(8,9)10/h11-29,34-35,42-43,45,47H,30-33,36H2,1-10H3/t42?,43-,45?,47+/m0/s1. The maximum atomic E-state index is 14.8. The van der Waals surface area contributed by atoms with Gasteiger partial charge in [-0.25, -0.2) is 9.59 Å². The Kier molecular flexibility index (Phi) is 18.1. The van der Waals surface area contributed by atoms with E-state index in [2.05, 4.69) is 45.4 Å². The molecule has 4 atom stereocenters. The van der Waals surface area contributed by atoms with Crippen molar-refractivity contribution in [2.75, 3.05) is 27.6 Å². The number of methoxy groups -OCH3 is 2. The average Bonchev–Trinajstić information content (AvgIpc) is 3.59.